The van der Waals surface area contributed by atoms with Gasteiger partial charge in [0.1, 0.15) is 0 Å². The van der Waals surface area contributed by atoms with Crippen molar-refractivity contribution in [2.75, 3.05) is 13.2 Å². The van der Waals surface area contributed by atoms with Gasteiger partial charge in [-0.3, -0.25) is 9.59 Å². The number of hydrogen-bond acceptors (Lipinski definition) is 5. The largest absolute Gasteiger partial charge is 0.466 e. The Kier molecular flexibility index (Phi) is 45.7. The van der Waals surface area contributed by atoms with Crippen molar-refractivity contribution in [3.63, 3.8) is 0 Å². The van der Waals surface area contributed by atoms with Crippen molar-refractivity contribution in [2.45, 2.75) is 276 Å². The molecule has 0 radical (unpaired) electrons. The smallest absolute Gasteiger partial charge is 0.305 e. The molecule has 0 aromatic heterocycles. The monoisotopic (exact) mass is 804 g/mol. The molecular formula is C51H97NO5. The van der Waals surface area contributed by atoms with E-state index in [1.165, 1.54) is 173 Å². The lowest BCUT2D eigenvalue weighted by Gasteiger charge is -2.22. The molecule has 336 valence electrons. The van der Waals surface area contributed by atoms with E-state index in [1.54, 1.807) is 0 Å². The van der Waals surface area contributed by atoms with Crippen LogP contribution >= 0.6 is 0 Å². The van der Waals surface area contributed by atoms with Crippen molar-refractivity contribution in [3.8, 4) is 0 Å². The minimum Gasteiger partial charge on any atom is -0.466 e. The van der Waals surface area contributed by atoms with Crippen LogP contribution < -0.4 is 5.32 Å². The van der Waals surface area contributed by atoms with E-state index >= 15 is 0 Å². The van der Waals surface area contributed by atoms with Crippen molar-refractivity contribution in [1.82, 2.24) is 5.32 Å². The molecule has 1 amide bonds. The van der Waals surface area contributed by atoms with E-state index < -0.39 is 12.1 Å². The number of esters is 1. The molecule has 0 saturated heterocycles. The summed E-state index contributed by atoms with van der Waals surface area (Å²) >= 11 is 0. The van der Waals surface area contributed by atoms with E-state index in [0.717, 1.165) is 57.8 Å². The van der Waals surface area contributed by atoms with E-state index in [9.17, 15) is 19.8 Å². The van der Waals surface area contributed by atoms with Gasteiger partial charge in [-0.1, -0.05) is 218 Å². The van der Waals surface area contributed by atoms with Gasteiger partial charge in [0.05, 0.1) is 25.4 Å². The first-order valence-corrected chi connectivity index (χ1v) is 25.1. The third kappa shape index (κ3) is 43.7. The van der Waals surface area contributed by atoms with Crippen LogP contribution in [0.25, 0.3) is 0 Å². The van der Waals surface area contributed by atoms with Crippen LogP contribution in [-0.2, 0) is 14.3 Å². The highest BCUT2D eigenvalue weighted by molar-refractivity contribution is 5.76. The first-order chi connectivity index (χ1) is 28.0. The Hall–Kier alpha value is -1.66. The van der Waals surface area contributed by atoms with Crippen molar-refractivity contribution in [2.24, 2.45) is 0 Å². The first kappa shape index (κ1) is 55.3. The summed E-state index contributed by atoms with van der Waals surface area (Å²) in [6.45, 7) is 4.88. The highest BCUT2D eigenvalue weighted by atomic mass is 16.5. The van der Waals surface area contributed by atoms with Crippen LogP contribution in [0.2, 0.25) is 0 Å². The number of allylic oxidation sites excluding steroid dienone is 4. The number of carbonyl (C=O) groups excluding carboxylic acids is 2. The number of rotatable bonds is 46. The molecule has 0 heterocycles. The Bertz CT molecular complexity index is 889. The number of aliphatic hydroxyl groups excluding tert-OH is 2. The van der Waals surface area contributed by atoms with E-state index in [-0.39, 0.29) is 18.5 Å². The van der Waals surface area contributed by atoms with E-state index in [0.29, 0.717) is 25.9 Å². The van der Waals surface area contributed by atoms with Crippen LogP contribution in [0.1, 0.15) is 264 Å². The predicted octanol–water partition coefficient (Wildman–Crippen LogP) is 14.7. The van der Waals surface area contributed by atoms with Crippen LogP contribution in [0, 0.1) is 0 Å². The number of hydrogen-bond donors (Lipinski definition) is 3. The molecular weight excluding hydrogens is 707 g/mol. The van der Waals surface area contributed by atoms with Gasteiger partial charge in [-0.25, -0.2) is 0 Å². The molecule has 3 N–H and O–H groups in total. The molecule has 0 rings (SSSR count). The van der Waals surface area contributed by atoms with E-state index in [1.807, 2.05) is 0 Å². The average Bonchev–Trinajstić information content (AvgIpc) is 3.21. The lowest BCUT2D eigenvalue weighted by Crippen LogP contribution is -2.45. The molecule has 2 unspecified atom stereocenters. The fourth-order valence-electron chi connectivity index (χ4n) is 7.61. The van der Waals surface area contributed by atoms with Crippen LogP contribution in [0.15, 0.2) is 24.3 Å². The van der Waals surface area contributed by atoms with Crippen LogP contribution in [0.5, 0.6) is 0 Å². The minimum absolute atomic E-state index is 0.0134. The Morgan fingerprint density at radius 2 is 0.877 bits per heavy atom. The normalized spacial score (nSPS) is 12.8. The van der Waals surface area contributed by atoms with Crippen molar-refractivity contribution < 1.29 is 24.5 Å². The van der Waals surface area contributed by atoms with Crippen LogP contribution in [-0.4, -0.2) is 47.4 Å². The maximum absolute atomic E-state index is 12.4. The van der Waals surface area contributed by atoms with Gasteiger partial charge in [0.25, 0.3) is 0 Å². The van der Waals surface area contributed by atoms with Gasteiger partial charge in [0.15, 0.2) is 0 Å². The van der Waals surface area contributed by atoms with Crippen LogP contribution in [0.3, 0.4) is 0 Å². The Morgan fingerprint density at radius 3 is 1.35 bits per heavy atom. The van der Waals surface area contributed by atoms with Gasteiger partial charge in [-0.15, -0.1) is 0 Å². The summed E-state index contributed by atoms with van der Waals surface area (Å²) in [5.74, 6) is -0.0645. The van der Waals surface area contributed by atoms with Crippen LogP contribution in [0.4, 0.5) is 0 Å². The molecule has 0 spiro atoms. The molecule has 0 bridgehead atoms. The zero-order chi connectivity index (χ0) is 41.5. The Balaban J connectivity index is 3.42. The summed E-state index contributed by atoms with van der Waals surface area (Å²) < 4.78 is 5.46. The molecule has 0 aliphatic carbocycles. The summed E-state index contributed by atoms with van der Waals surface area (Å²) in [7, 11) is 0. The fraction of sp³-hybridized carbons (Fsp3) is 0.882. The number of unbranched alkanes of at least 4 members (excludes halogenated alkanes) is 31. The van der Waals surface area contributed by atoms with Crippen molar-refractivity contribution in [1.29, 1.82) is 0 Å². The molecule has 0 fully saturated rings. The molecule has 0 aromatic carbocycles. The molecule has 0 aromatic rings. The molecule has 6 heteroatoms. The molecule has 2 atom stereocenters. The highest BCUT2D eigenvalue weighted by Crippen LogP contribution is 2.16. The van der Waals surface area contributed by atoms with Crippen molar-refractivity contribution in [3.05, 3.63) is 24.3 Å². The maximum atomic E-state index is 12.4. The molecule has 6 nitrogen and oxygen atoms in total. The lowest BCUT2D eigenvalue weighted by atomic mass is 10.0. The quantitative estimate of drug-likeness (QED) is 0.0324. The number of ether oxygens (including phenoxy) is 1. The second-order valence-corrected chi connectivity index (χ2v) is 17.1. The maximum Gasteiger partial charge on any atom is 0.305 e. The zero-order valence-corrected chi connectivity index (χ0v) is 38.1. The summed E-state index contributed by atoms with van der Waals surface area (Å²) in [6, 6.07) is -0.549. The van der Waals surface area contributed by atoms with Gasteiger partial charge >= 0.3 is 5.97 Å². The minimum atomic E-state index is -0.670. The van der Waals surface area contributed by atoms with Gasteiger partial charge in [-0.2, -0.15) is 0 Å². The molecule has 0 aliphatic heterocycles. The fourth-order valence-corrected chi connectivity index (χ4v) is 7.61. The SMILES string of the molecule is CCCCCC/C=C\C/C=C\CCCCCCCCCC(=O)OCCCCCCCCCCCCCCCC(=O)NC(CO)C(O)CCCCCCCCCCC. The summed E-state index contributed by atoms with van der Waals surface area (Å²) in [4.78, 5) is 24.4. The molecule has 57 heavy (non-hydrogen) atoms. The highest BCUT2D eigenvalue weighted by Gasteiger charge is 2.20. The zero-order valence-electron chi connectivity index (χ0n) is 38.1. The number of nitrogens with one attached hydrogen (secondary N) is 1. The van der Waals surface area contributed by atoms with Crippen molar-refractivity contribution >= 4 is 11.9 Å². The number of aliphatic hydroxyl groups is 2. The third-order valence-electron chi connectivity index (χ3n) is 11.5. The Labute approximate surface area is 354 Å². The topological polar surface area (TPSA) is 95.9 Å². The summed E-state index contributed by atoms with van der Waals surface area (Å²) in [6.07, 6.45) is 54.3. The van der Waals surface area contributed by atoms with E-state index in [4.69, 9.17) is 4.74 Å². The average molecular weight is 804 g/mol. The van der Waals surface area contributed by atoms with Gasteiger partial charge in [-0.05, 0) is 57.8 Å². The van der Waals surface area contributed by atoms with E-state index in [2.05, 4.69) is 43.5 Å². The number of amides is 1. The van der Waals surface area contributed by atoms with Gasteiger partial charge < -0.3 is 20.3 Å². The standard InChI is InChI=1S/C51H97NO5/c1-3-5-7-9-11-13-14-15-16-17-18-19-22-25-29-33-37-41-45-51(56)57-46-42-38-34-30-26-23-20-21-24-28-32-36-40-44-50(55)52-48(47-53)49(54)43-39-35-31-27-12-10-8-6-4-2/h13-14,16-17,48-49,53-54H,3-12,15,18-47H2,1-2H3,(H,52,55)/b14-13-,17-16-. The molecule has 0 saturated carbocycles. The number of carbonyl (C=O) groups is 2. The van der Waals surface area contributed by atoms with Gasteiger partial charge in [0.2, 0.25) is 5.91 Å². The Morgan fingerprint density at radius 1 is 0.491 bits per heavy atom. The first-order valence-electron chi connectivity index (χ1n) is 25.1. The second kappa shape index (κ2) is 47.0. The lowest BCUT2D eigenvalue weighted by molar-refractivity contribution is -0.143. The second-order valence-electron chi connectivity index (χ2n) is 17.1. The summed E-state index contributed by atoms with van der Waals surface area (Å²) in [5.41, 5.74) is 0. The van der Waals surface area contributed by atoms with Gasteiger partial charge in [0, 0.05) is 12.8 Å². The summed E-state index contributed by atoms with van der Waals surface area (Å²) in [5, 5.41) is 23.0. The molecule has 0 aliphatic rings. The third-order valence-corrected chi connectivity index (χ3v) is 11.5. The predicted molar refractivity (Wildman–Crippen MR) is 246 cm³/mol.